The zero-order chi connectivity index (χ0) is 14.2. The first kappa shape index (κ1) is 14.6. The zero-order valence-corrected chi connectivity index (χ0v) is 14.1. The molecule has 19 heavy (non-hydrogen) atoms. The lowest BCUT2D eigenvalue weighted by atomic mass is 10.2. The van der Waals surface area contributed by atoms with Gasteiger partial charge in [-0.05, 0) is 48.0 Å². The van der Waals surface area contributed by atoms with Gasteiger partial charge in [-0.25, -0.2) is 8.42 Å². The van der Waals surface area contributed by atoms with Crippen molar-refractivity contribution >= 4 is 43.0 Å². The number of hydrogen-bond donors (Lipinski definition) is 0. The van der Waals surface area contributed by atoms with Crippen LogP contribution in [0.1, 0.15) is 10.4 Å². The molecule has 102 valence electrons. The number of sulfonamides is 1. The van der Waals surface area contributed by atoms with Gasteiger partial charge in [0.2, 0.25) is 0 Å². The highest BCUT2D eigenvalue weighted by Gasteiger charge is 2.24. The highest BCUT2D eigenvalue weighted by molar-refractivity contribution is 9.11. The first-order valence-corrected chi connectivity index (χ1v) is 8.69. The van der Waals surface area contributed by atoms with Crippen molar-refractivity contribution in [2.45, 2.75) is 18.7 Å². The standard InChI is InChI=1S/C13H14BrNO2S2/c1-9-4-6-11(7-5-9)15(3)19(16,17)12-8-13(14)18-10(12)2/h4-8H,1-3H3. The van der Waals surface area contributed by atoms with Crippen LogP contribution in [0.5, 0.6) is 0 Å². The summed E-state index contributed by atoms with van der Waals surface area (Å²) in [6.45, 7) is 3.78. The second-order valence-corrected chi connectivity index (χ2v) is 8.85. The van der Waals surface area contributed by atoms with E-state index in [0.717, 1.165) is 14.2 Å². The molecule has 0 bridgehead atoms. The Morgan fingerprint density at radius 3 is 2.21 bits per heavy atom. The van der Waals surface area contributed by atoms with Gasteiger partial charge in [0, 0.05) is 11.9 Å². The number of benzene rings is 1. The van der Waals surface area contributed by atoms with E-state index < -0.39 is 10.0 Å². The largest absolute Gasteiger partial charge is 0.269 e. The summed E-state index contributed by atoms with van der Waals surface area (Å²) < 4.78 is 27.3. The van der Waals surface area contributed by atoms with Crippen molar-refractivity contribution in [1.82, 2.24) is 0 Å². The van der Waals surface area contributed by atoms with E-state index in [-0.39, 0.29) is 0 Å². The van der Waals surface area contributed by atoms with E-state index in [1.165, 1.54) is 15.6 Å². The molecule has 1 aromatic carbocycles. The van der Waals surface area contributed by atoms with Crippen molar-refractivity contribution in [3.63, 3.8) is 0 Å². The van der Waals surface area contributed by atoms with E-state index in [1.807, 2.05) is 38.1 Å². The maximum atomic E-state index is 12.6. The molecule has 1 aromatic heterocycles. The Labute approximate surface area is 126 Å². The summed E-state index contributed by atoms with van der Waals surface area (Å²) in [6.07, 6.45) is 0. The van der Waals surface area contributed by atoms with Crippen LogP contribution in [-0.2, 0) is 10.0 Å². The van der Waals surface area contributed by atoms with Crippen molar-refractivity contribution < 1.29 is 8.42 Å². The normalized spacial score (nSPS) is 11.6. The number of hydrogen-bond acceptors (Lipinski definition) is 3. The first-order valence-electron chi connectivity index (χ1n) is 5.64. The Morgan fingerprint density at radius 2 is 1.74 bits per heavy atom. The van der Waals surface area contributed by atoms with E-state index >= 15 is 0 Å². The first-order chi connectivity index (χ1) is 8.82. The maximum absolute atomic E-state index is 12.6. The average molecular weight is 360 g/mol. The van der Waals surface area contributed by atoms with Crippen LogP contribution < -0.4 is 4.31 Å². The highest BCUT2D eigenvalue weighted by atomic mass is 79.9. The lowest BCUT2D eigenvalue weighted by molar-refractivity contribution is 0.594. The summed E-state index contributed by atoms with van der Waals surface area (Å²) in [4.78, 5) is 1.14. The molecule has 2 rings (SSSR count). The van der Waals surface area contributed by atoms with Crippen molar-refractivity contribution in [1.29, 1.82) is 0 Å². The molecular weight excluding hydrogens is 346 g/mol. The Balaban J connectivity index is 2.45. The second-order valence-electron chi connectivity index (χ2n) is 4.28. The lowest BCUT2D eigenvalue weighted by Crippen LogP contribution is -2.26. The molecule has 0 aliphatic carbocycles. The maximum Gasteiger partial charge on any atom is 0.265 e. The molecule has 0 fully saturated rings. The van der Waals surface area contributed by atoms with Crippen LogP contribution in [-0.4, -0.2) is 15.5 Å². The Kier molecular flexibility index (Phi) is 4.03. The smallest absolute Gasteiger partial charge is 0.265 e. The van der Waals surface area contributed by atoms with Crippen LogP contribution in [0.3, 0.4) is 0 Å². The van der Waals surface area contributed by atoms with Gasteiger partial charge in [0.25, 0.3) is 10.0 Å². The van der Waals surface area contributed by atoms with Crippen molar-refractivity contribution in [3.05, 3.63) is 44.6 Å². The molecule has 1 heterocycles. The molecule has 0 amide bonds. The number of thiophene rings is 1. The molecule has 0 saturated heterocycles. The molecule has 6 heteroatoms. The fourth-order valence-electron chi connectivity index (χ4n) is 1.73. The Hall–Kier alpha value is -0.850. The molecule has 2 aromatic rings. The third-order valence-electron chi connectivity index (χ3n) is 2.88. The summed E-state index contributed by atoms with van der Waals surface area (Å²) in [7, 11) is -1.93. The minimum Gasteiger partial charge on any atom is -0.269 e. The number of rotatable bonds is 3. The van der Waals surface area contributed by atoms with Gasteiger partial charge in [-0.1, -0.05) is 17.7 Å². The van der Waals surface area contributed by atoms with Gasteiger partial charge in [0.15, 0.2) is 0 Å². The third-order valence-corrected chi connectivity index (χ3v) is 6.47. The molecule has 0 N–H and O–H groups in total. The predicted molar refractivity (Wildman–Crippen MR) is 83.5 cm³/mol. The number of aryl methyl sites for hydroxylation is 2. The highest BCUT2D eigenvalue weighted by Crippen LogP contribution is 2.32. The molecule has 0 saturated carbocycles. The summed E-state index contributed by atoms with van der Waals surface area (Å²) in [5.74, 6) is 0. The van der Waals surface area contributed by atoms with Gasteiger partial charge in [0.05, 0.1) is 9.47 Å². The average Bonchev–Trinajstić information content (AvgIpc) is 2.69. The van der Waals surface area contributed by atoms with Gasteiger partial charge in [-0.3, -0.25) is 4.31 Å². The van der Waals surface area contributed by atoms with E-state index in [0.29, 0.717) is 10.6 Å². The SMILES string of the molecule is Cc1ccc(N(C)S(=O)(=O)c2cc(Br)sc2C)cc1. The molecule has 0 aliphatic heterocycles. The lowest BCUT2D eigenvalue weighted by Gasteiger charge is -2.19. The monoisotopic (exact) mass is 359 g/mol. The quantitative estimate of drug-likeness (QED) is 0.831. The molecule has 0 spiro atoms. The fraction of sp³-hybridized carbons (Fsp3) is 0.231. The van der Waals surface area contributed by atoms with Gasteiger partial charge >= 0.3 is 0 Å². The third kappa shape index (κ3) is 2.85. The fourth-order valence-corrected chi connectivity index (χ4v) is 5.31. The van der Waals surface area contributed by atoms with Crippen molar-refractivity contribution in [2.75, 3.05) is 11.4 Å². The molecule has 0 radical (unpaired) electrons. The summed E-state index contributed by atoms with van der Waals surface area (Å²) >= 11 is 4.75. The minimum absolute atomic E-state index is 0.354. The zero-order valence-electron chi connectivity index (χ0n) is 10.8. The van der Waals surface area contributed by atoms with Crippen LogP contribution in [0.2, 0.25) is 0 Å². The van der Waals surface area contributed by atoms with Gasteiger partial charge in [0.1, 0.15) is 4.90 Å². The van der Waals surface area contributed by atoms with Crippen LogP contribution in [0.4, 0.5) is 5.69 Å². The van der Waals surface area contributed by atoms with Crippen molar-refractivity contribution in [3.8, 4) is 0 Å². The predicted octanol–water partition coefficient (Wildman–Crippen LogP) is 3.95. The summed E-state index contributed by atoms with van der Waals surface area (Å²) in [5.41, 5.74) is 1.76. The Bertz CT molecular complexity index is 690. The van der Waals surface area contributed by atoms with E-state index in [1.54, 1.807) is 13.1 Å². The molecular formula is C13H14BrNO2S2. The van der Waals surface area contributed by atoms with E-state index in [2.05, 4.69) is 15.9 Å². The van der Waals surface area contributed by atoms with Crippen LogP contribution in [0.25, 0.3) is 0 Å². The van der Waals surface area contributed by atoms with Crippen molar-refractivity contribution in [2.24, 2.45) is 0 Å². The number of nitrogens with zero attached hydrogens (tertiary/aromatic N) is 1. The molecule has 3 nitrogen and oxygen atoms in total. The second kappa shape index (κ2) is 5.26. The van der Waals surface area contributed by atoms with E-state index in [9.17, 15) is 8.42 Å². The van der Waals surface area contributed by atoms with Gasteiger partial charge < -0.3 is 0 Å². The molecule has 0 aliphatic rings. The van der Waals surface area contributed by atoms with Gasteiger partial charge in [-0.15, -0.1) is 11.3 Å². The van der Waals surface area contributed by atoms with Crippen LogP contribution in [0, 0.1) is 13.8 Å². The Morgan fingerprint density at radius 1 is 1.16 bits per heavy atom. The van der Waals surface area contributed by atoms with Gasteiger partial charge in [-0.2, -0.15) is 0 Å². The van der Waals surface area contributed by atoms with Crippen LogP contribution in [0.15, 0.2) is 39.0 Å². The molecule has 0 unspecified atom stereocenters. The summed E-state index contributed by atoms with van der Waals surface area (Å²) in [6, 6.07) is 9.07. The molecule has 0 atom stereocenters. The topological polar surface area (TPSA) is 37.4 Å². The summed E-state index contributed by atoms with van der Waals surface area (Å²) in [5, 5.41) is 0. The number of halogens is 1. The van der Waals surface area contributed by atoms with Crippen LogP contribution >= 0.6 is 27.3 Å². The van der Waals surface area contributed by atoms with E-state index in [4.69, 9.17) is 0 Å². The minimum atomic E-state index is -3.50. The number of anilines is 1.